The van der Waals surface area contributed by atoms with Crippen molar-refractivity contribution in [3.63, 3.8) is 0 Å². The van der Waals surface area contributed by atoms with Crippen molar-refractivity contribution in [2.45, 2.75) is 0 Å². The Morgan fingerprint density at radius 2 is 2.00 bits per heavy atom. The van der Waals surface area contributed by atoms with E-state index >= 15 is 0 Å². The van der Waals surface area contributed by atoms with E-state index in [2.05, 4.69) is 11.1 Å². The van der Waals surface area contributed by atoms with Gasteiger partial charge in [-0.1, -0.05) is 6.07 Å². The average molecular weight is 194 g/mol. The molecule has 1 aromatic carbocycles. The number of hydrogen-bond acceptors (Lipinski definition) is 2. The molecule has 2 heterocycles. The first-order chi connectivity index (χ1) is 7.45. The molecule has 2 nitrogen and oxygen atoms in total. The fourth-order valence-corrected chi connectivity index (χ4v) is 1.67. The Kier molecular flexibility index (Phi) is 1.78. The van der Waals surface area contributed by atoms with Crippen LogP contribution in [0.3, 0.4) is 0 Å². The molecule has 3 aromatic rings. The summed E-state index contributed by atoms with van der Waals surface area (Å²) in [7, 11) is 0. The molecule has 0 unspecified atom stereocenters. The summed E-state index contributed by atoms with van der Waals surface area (Å²) in [4.78, 5) is 4.00. The van der Waals surface area contributed by atoms with Crippen LogP contribution in [0.1, 0.15) is 0 Å². The van der Waals surface area contributed by atoms with Gasteiger partial charge < -0.3 is 4.42 Å². The van der Waals surface area contributed by atoms with Crippen molar-refractivity contribution < 1.29 is 4.42 Å². The van der Waals surface area contributed by atoms with E-state index in [0.29, 0.717) is 0 Å². The van der Waals surface area contributed by atoms with Gasteiger partial charge in [-0.2, -0.15) is 0 Å². The fourth-order valence-electron chi connectivity index (χ4n) is 1.67. The molecule has 2 aromatic heterocycles. The van der Waals surface area contributed by atoms with Crippen molar-refractivity contribution in [1.29, 1.82) is 0 Å². The normalized spacial score (nSPS) is 10.7. The van der Waals surface area contributed by atoms with Gasteiger partial charge in [0.1, 0.15) is 5.58 Å². The van der Waals surface area contributed by atoms with Crippen LogP contribution < -0.4 is 0 Å². The molecule has 0 saturated heterocycles. The van der Waals surface area contributed by atoms with Crippen molar-refractivity contribution in [3.05, 3.63) is 55.1 Å². The molecular weight excluding hydrogens is 186 g/mol. The zero-order valence-corrected chi connectivity index (χ0v) is 7.97. The highest BCUT2D eigenvalue weighted by Crippen LogP contribution is 2.29. The van der Waals surface area contributed by atoms with Crippen molar-refractivity contribution >= 4 is 11.0 Å². The maximum Gasteiger partial charge on any atom is 0.134 e. The second kappa shape index (κ2) is 3.24. The van der Waals surface area contributed by atoms with Gasteiger partial charge >= 0.3 is 0 Å². The molecular formula is C13H8NO. The summed E-state index contributed by atoms with van der Waals surface area (Å²) in [5, 5.41) is 1.09. The number of pyridine rings is 1. The number of fused-ring (bicyclic) bond motifs is 1. The fraction of sp³-hybridized carbons (Fsp3) is 0. The first kappa shape index (κ1) is 8.24. The molecule has 0 fully saturated rings. The topological polar surface area (TPSA) is 26.0 Å². The second-order valence-corrected chi connectivity index (χ2v) is 3.31. The lowest BCUT2D eigenvalue weighted by Crippen LogP contribution is -1.75. The smallest absolute Gasteiger partial charge is 0.134 e. The molecule has 0 aliphatic rings. The maximum atomic E-state index is 5.46. The van der Waals surface area contributed by atoms with Crippen LogP contribution >= 0.6 is 0 Å². The maximum absolute atomic E-state index is 5.46. The Morgan fingerprint density at radius 1 is 1.13 bits per heavy atom. The molecule has 0 saturated carbocycles. The first-order valence-corrected chi connectivity index (χ1v) is 4.73. The van der Waals surface area contributed by atoms with Crippen LogP contribution in [0.25, 0.3) is 22.1 Å². The minimum atomic E-state index is 0.889. The molecule has 0 spiro atoms. The number of hydrogen-bond donors (Lipinski definition) is 0. The lowest BCUT2D eigenvalue weighted by Gasteiger charge is -1.95. The summed E-state index contributed by atoms with van der Waals surface area (Å²) in [6.45, 7) is 0. The van der Waals surface area contributed by atoms with E-state index in [4.69, 9.17) is 4.42 Å². The average Bonchev–Trinajstić information content (AvgIpc) is 2.74. The molecule has 2 heteroatoms. The minimum Gasteiger partial charge on any atom is -0.464 e. The molecule has 71 valence electrons. The van der Waals surface area contributed by atoms with Crippen molar-refractivity contribution in [2.75, 3.05) is 0 Å². The summed E-state index contributed by atoms with van der Waals surface area (Å²) in [6, 6.07) is 12.7. The van der Waals surface area contributed by atoms with Gasteiger partial charge in [-0.25, -0.2) is 0 Å². The predicted octanol–water partition coefficient (Wildman–Crippen LogP) is 3.29. The summed E-state index contributed by atoms with van der Waals surface area (Å²) in [6.07, 6.45) is 5.33. The Balaban J connectivity index is 2.28. The van der Waals surface area contributed by atoms with Crippen molar-refractivity contribution in [1.82, 2.24) is 4.98 Å². The predicted molar refractivity (Wildman–Crippen MR) is 58.3 cm³/mol. The third kappa shape index (κ3) is 1.31. The minimum absolute atomic E-state index is 0.889. The number of nitrogens with zero attached hydrogens (tertiary/aromatic N) is 1. The third-order valence-electron chi connectivity index (χ3n) is 2.41. The van der Waals surface area contributed by atoms with Gasteiger partial charge in [0.2, 0.25) is 0 Å². The molecule has 0 bridgehead atoms. The van der Waals surface area contributed by atoms with E-state index in [1.165, 1.54) is 0 Å². The molecule has 15 heavy (non-hydrogen) atoms. The first-order valence-electron chi connectivity index (χ1n) is 4.73. The monoisotopic (exact) mass is 194 g/mol. The highest BCUT2D eigenvalue weighted by molar-refractivity contribution is 5.93. The van der Waals surface area contributed by atoms with E-state index in [-0.39, 0.29) is 0 Å². The molecule has 3 rings (SSSR count). The van der Waals surface area contributed by atoms with E-state index in [9.17, 15) is 0 Å². The molecule has 1 radical (unpaired) electrons. The van der Waals surface area contributed by atoms with Crippen LogP contribution in [0.5, 0.6) is 0 Å². The van der Waals surface area contributed by atoms with Gasteiger partial charge in [-0.15, -0.1) is 0 Å². The van der Waals surface area contributed by atoms with E-state index in [1.54, 1.807) is 18.7 Å². The van der Waals surface area contributed by atoms with Crippen LogP contribution in [0.15, 0.2) is 53.4 Å². The van der Waals surface area contributed by atoms with Crippen LogP contribution in [-0.2, 0) is 0 Å². The Labute approximate surface area is 87.2 Å². The summed E-state index contributed by atoms with van der Waals surface area (Å²) >= 11 is 0. The number of rotatable bonds is 1. The van der Waals surface area contributed by atoms with E-state index < -0.39 is 0 Å². The van der Waals surface area contributed by atoms with Gasteiger partial charge in [-0.3, -0.25) is 4.98 Å². The lowest BCUT2D eigenvalue weighted by molar-refractivity contribution is 0.617. The summed E-state index contributed by atoms with van der Waals surface area (Å²) in [5.41, 5.74) is 3.09. The molecule has 0 N–H and O–H groups in total. The molecule has 0 aliphatic heterocycles. The Bertz CT molecular complexity index is 584. The standard InChI is InChI=1S/C13H8NO/c1-2-4-13-11(3-1)12(9-15-13)10-5-7-14-8-6-10/h2-9H. The third-order valence-corrected chi connectivity index (χ3v) is 2.41. The van der Waals surface area contributed by atoms with E-state index in [0.717, 1.165) is 22.1 Å². The van der Waals surface area contributed by atoms with Gasteiger partial charge in [-0.05, 0) is 35.9 Å². The number of benzene rings is 1. The quantitative estimate of drug-likeness (QED) is 0.594. The van der Waals surface area contributed by atoms with Gasteiger partial charge in [0, 0.05) is 23.3 Å². The summed E-state index contributed by atoms with van der Waals surface area (Å²) < 4.78 is 5.46. The van der Waals surface area contributed by atoms with Crippen LogP contribution in [-0.4, -0.2) is 4.98 Å². The molecule has 0 amide bonds. The second-order valence-electron chi connectivity index (χ2n) is 3.31. The molecule has 0 aliphatic carbocycles. The Morgan fingerprint density at radius 3 is 2.87 bits per heavy atom. The van der Waals surface area contributed by atoms with Crippen molar-refractivity contribution in [2.24, 2.45) is 0 Å². The van der Waals surface area contributed by atoms with Crippen LogP contribution in [0.4, 0.5) is 0 Å². The van der Waals surface area contributed by atoms with Crippen LogP contribution in [0.2, 0.25) is 0 Å². The largest absolute Gasteiger partial charge is 0.464 e. The SMILES string of the molecule is [c]1ccc2occ(-c3ccncc3)c2c1. The number of furan rings is 1. The van der Waals surface area contributed by atoms with Gasteiger partial charge in [0.15, 0.2) is 0 Å². The Hall–Kier alpha value is -2.09. The van der Waals surface area contributed by atoms with Crippen LogP contribution in [0, 0.1) is 6.07 Å². The van der Waals surface area contributed by atoms with E-state index in [1.807, 2.05) is 30.3 Å². The molecule has 0 atom stereocenters. The van der Waals surface area contributed by atoms with Gasteiger partial charge in [0.05, 0.1) is 6.26 Å². The zero-order valence-electron chi connectivity index (χ0n) is 7.97. The summed E-state index contributed by atoms with van der Waals surface area (Å²) in [5.74, 6) is 0. The van der Waals surface area contributed by atoms with Crippen molar-refractivity contribution in [3.8, 4) is 11.1 Å². The highest BCUT2D eigenvalue weighted by atomic mass is 16.3. The zero-order chi connectivity index (χ0) is 10.1. The lowest BCUT2D eigenvalue weighted by atomic mass is 10.1. The number of aromatic nitrogens is 1. The van der Waals surface area contributed by atoms with Gasteiger partial charge in [0.25, 0.3) is 0 Å². The highest BCUT2D eigenvalue weighted by Gasteiger charge is 2.06.